The van der Waals surface area contributed by atoms with Crippen molar-refractivity contribution in [2.75, 3.05) is 25.5 Å². The molecule has 1 saturated carbocycles. The number of benzene rings is 1. The Morgan fingerprint density at radius 1 is 1.45 bits per heavy atom. The minimum Gasteiger partial charge on any atom is -0.383 e. The van der Waals surface area contributed by atoms with Crippen LogP contribution < -0.4 is 5.32 Å². The van der Waals surface area contributed by atoms with Crippen molar-refractivity contribution in [2.45, 2.75) is 32.7 Å². The molecule has 0 saturated heterocycles. The molecule has 1 aromatic carbocycles. The molecular formula is C15H23N3O2. The molecule has 0 spiro atoms. The first kappa shape index (κ1) is 14.8. The Balaban J connectivity index is 2.05. The topological polar surface area (TPSA) is 58.4 Å². The van der Waals surface area contributed by atoms with Gasteiger partial charge in [0.2, 0.25) is 0 Å². The first-order valence-corrected chi connectivity index (χ1v) is 7.31. The molecule has 2 rings (SSSR count). The zero-order chi connectivity index (χ0) is 14.5. The number of nitrogens with zero attached hydrogens (tertiary/aromatic N) is 2. The number of hydrogen-bond acceptors (Lipinski definition) is 4. The van der Waals surface area contributed by atoms with Gasteiger partial charge < -0.3 is 5.32 Å². The largest absolute Gasteiger partial charge is 0.383 e. The highest BCUT2D eigenvalue weighted by molar-refractivity contribution is 5.62. The van der Waals surface area contributed by atoms with Crippen molar-refractivity contribution in [1.29, 1.82) is 0 Å². The van der Waals surface area contributed by atoms with Crippen LogP contribution in [0.5, 0.6) is 0 Å². The van der Waals surface area contributed by atoms with Crippen molar-refractivity contribution in [1.82, 2.24) is 4.90 Å². The lowest BCUT2D eigenvalue weighted by Gasteiger charge is -2.31. The van der Waals surface area contributed by atoms with Crippen LogP contribution >= 0.6 is 0 Å². The van der Waals surface area contributed by atoms with Gasteiger partial charge in [-0.2, -0.15) is 0 Å². The Morgan fingerprint density at radius 2 is 2.20 bits per heavy atom. The fourth-order valence-corrected chi connectivity index (χ4v) is 2.65. The smallest absolute Gasteiger partial charge is 0.292 e. The monoisotopic (exact) mass is 277 g/mol. The first-order chi connectivity index (χ1) is 9.63. The van der Waals surface area contributed by atoms with E-state index in [1.54, 1.807) is 13.1 Å². The molecule has 0 unspecified atom stereocenters. The van der Waals surface area contributed by atoms with Crippen LogP contribution in [-0.2, 0) is 6.54 Å². The van der Waals surface area contributed by atoms with Gasteiger partial charge in [-0.25, -0.2) is 0 Å². The number of hydrogen-bond donors (Lipinski definition) is 1. The van der Waals surface area contributed by atoms with Crippen molar-refractivity contribution in [3.8, 4) is 0 Å². The molecule has 0 heterocycles. The third kappa shape index (κ3) is 3.48. The Hall–Kier alpha value is -1.62. The summed E-state index contributed by atoms with van der Waals surface area (Å²) in [5, 5.41) is 13.8. The number of anilines is 1. The van der Waals surface area contributed by atoms with Crippen LogP contribution in [0, 0.1) is 16.0 Å². The third-order valence-electron chi connectivity index (χ3n) is 4.12. The molecule has 0 amide bonds. The molecule has 0 aliphatic heterocycles. The van der Waals surface area contributed by atoms with Gasteiger partial charge in [-0.15, -0.1) is 0 Å². The summed E-state index contributed by atoms with van der Waals surface area (Å²) in [5.41, 5.74) is 1.85. The molecule has 20 heavy (non-hydrogen) atoms. The minimum absolute atomic E-state index is 0.137. The molecule has 0 radical (unpaired) electrons. The van der Waals surface area contributed by atoms with Gasteiger partial charge in [0.1, 0.15) is 5.69 Å². The quantitative estimate of drug-likeness (QED) is 0.614. The maximum Gasteiger partial charge on any atom is 0.292 e. The number of rotatable bonds is 7. The Labute approximate surface area is 120 Å². The average Bonchev–Trinajstić information content (AvgIpc) is 2.40. The van der Waals surface area contributed by atoms with Crippen molar-refractivity contribution in [3.05, 3.63) is 33.9 Å². The Bertz CT molecular complexity index is 472. The Kier molecular flexibility index (Phi) is 4.95. The number of nitro benzene ring substituents is 1. The van der Waals surface area contributed by atoms with Gasteiger partial charge in [0.15, 0.2) is 0 Å². The molecule has 0 bridgehead atoms. The molecule has 5 nitrogen and oxygen atoms in total. The molecule has 1 N–H and O–H groups in total. The van der Waals surface area contributed by atoms with Gasteiger partial charge in [-0.1, -0.05) is 19.4 Å². The summed E-state index contributed by atoms with van der Waals surface area (Å²) in [7, 11) is 1.72. The SMILES string of the molecule is CCN(Cc1ccc([N+](=O)[O-])c(NC)c1)CC1CCC1. The van der Waals surface area contributed by atoms with E-state index in [-0.39, 0.29) is 10.6 Å². The maximum absolute atomic E-state index is 10.9. The summed E-state index contributed by atoms with van der Waals surface area (Å²) in [5.74, 6) is 0.844. The van der Waals surface area contributed by atoms with E-state index in [4.69, 9.17) is 0 Å². The molecule has 0 aromatic heterocycles. The average molecular weight is 277 g/mol. The highest BCUT2D eigenvalue weighted by Gasteiger charge is 2.20. The van der Waals surface area contributed by atoms with Crippen molar-refractivity contribution in [2.24, 2.45) is 5.92 Å². The normalized spacial score (nSPS) is 15.2. The molecule has 0 atom stereocenters. The van der Waals surface area contributed by atoms with Gasteiger partial charge in [0, 0.05) is 26.2 Å². The number of nitrogens with one attached hydrogen (secondary N) is 1. The molecule has 110 valence electrons. The van der Waals surface area contributed by atoms with Crippen LogP contribution in [-0.4, -0.2) is 30.0 Å². The predicted molar refractivity (Wildman–Crippen MR) is 80.9 cm³/mol. The molecule has 1 aliphatic carbocycles. The lowest BCUT2D eigenvalue weighted by molar-refractivity contribution is -0.384. The minimum atomic E-state index is -0.346. The van der Waals surface area contributed by atoms with Gasteiger partial charge in [-0.05, 0) is 36.9 Å². The second-order valence-corrected chi connectivity index (χ2v) is 5.48. The highest BCUT2D eigenvalue weighted by Crippen LogP contribution is 2.29. The van der Waals surface area contributed by atoms with Crippen LogP contribution in [0.1, 0.15) is 31.7 Å². The van der Waals surface area contributed by atoms with Crippen LogP contribution in [0.2, 0.25) is 0 Å². The molecule has 5 heteroatoms. The third-order valence-corrected chi connectivity index (χ3v) is 4.12. The van der Waals surface area contributed by atoms with Crippen molar-refractivity contribution < 1.29 is 4.92 Å². The van der Waals surface area contributed by atoms with Crippen LogP contribution in [0.15, 0.2) is 18.2 Å². The molecule has 1 fully saturated rings. The van der Waals surface area contributed by atoms with E-state index in [0.717, 1.165) is 31.1 Å². The van der Waals surface area contributed by atoms with E-state index in [0.29, 0.717) is 5.69 Å². The van der Waals surface area contributed by atoms with E-state index in [9.17, 15) is 10.1 Å². The summed E-state index contributed by atoms with van der Waals surface area (Å²) in [6.45, 7) is 5.19. The van der Waals surface area contributed by atoms with E-state index in [1.807, 2.05) is 12.1 Å². The lowest BCUT2D eigenvalue weighted by Crippen LogP contribution is -2.32. The summed E-state index contributed by atoms with van der Waals surface area (Å²) in [4.78, 5) is 13.0. The van der Waals surface area contributed by atoms with E-state index in [2.05, 4.69) is 17.1 Å². The first-order valence-electron chi connectivity index (χ1n) is 7.31. The van der Waals surface area contributed by atoms with Crippen molar-refractivity contribution >= 4 is 11.4 Å². The van der Waals surface area contributed by atoms with Crippen LogP contribution in [0.25, 0.3) is 0 Å². The van der Waals surface area contributed by atoms with Gasteiger partial charge in [0.25, 0.3) is 5.69 Å². The Morgan fingerprint density at radius 3 is 2.70 bits per heavy atom. The van der Waals surface area contributed by atoms with Gasteiger partial charge >= 0.3 is 0 Å². The van der Waals surface area contributed by atoms with E-state index in [1.165, 1.54) is 19.3 Å². The van der Waals surface area contributed by atoms with E-state index < -0.39 is 0 Å². The van der Waals surface area contributed by atoms with Crippen LogP contribution in [0.4, 0.5) is 11.4 Å². The maximum atomic E-state index is 10.9. The zero-order valence-corrected chi connectivity index (χ0v) is 12.3. The zero-order valence-electron chi connectivity index (χ0n) is 12.3. The standard InChI is InChI=1S/C15H23N3O2/c1-3-17(10-12-5-4-6-12)11-13-7-8-15(18(19)20)14(9-13)16-2/h7-9,12,16H,3-6,10-11H2,1-2H3. The van der Waals surface area contributed by atoms with Crippen LogP contribution in [0.3, 0.4) is 0 Å². The predicted octanol–water partition coefficient (Wildman–Crippen LogP) is 3.26. The second-order valence-electron chi connectivity index (χ2n) is 5.48. The summed E-state index contributed by atoms with van der Waals surface area (Å²) < 4.78 is 0. The molecule has 1 aromatic rings. The molecular weight excluding hydrogens is 254 g/mol. The second kappa shape index (κ2) is 6.70. The van der Waals surface area contributed by atoms with E-state index >= 15 is 0 Å². The highest BCUT2D eigenvalue weighted by atomic mass is 16.6. The summed E-state index contributed by atoms with van der Waals surface area (Å²) in [6.07, 6.45) is 4.06. The van der Waals surface area contributed by atoms with Crippen molar-refractivity contribution in [3.63, 3.8) is 0 Å². The fourth-order valence-electron chi connectivity index (χ4n) is 2.65. The summed E-state index contributed by atoms with van der Waals surface area (Å²) in [6, 6.07) is 5.35. The lowest BCUT2D eigenvalue weighted by atomic mass is 9.85. The number of nitro groups is 1. The fraction of sp³-hybridized carbons (Fsp3) is 0.600. The van der Waals surface area contributed by atoms with Gasteiger partial charge in [0.05, 0.1) is 4.92 Å². The molecule has 1 aliphatic rings. The van der Waals surface area contributed by atoms with Gasteiger partial charge in [-0.3, -0.25) is 15.0 Å². The summed E-state index contributed by atoms with van der Waals surface area (Å²) >= 11 is 0.